The standard InChI is InChI=1S/C15H12N3S.C6H5NO2.Ir/c1-3-11-4-2-6-13(12(11)5-1)18-8-7-17-15(18)14-9-16-10-19-14;8-6(9)5-3-1-2-4-7-5;/h2,4,6-8,10H,1,3,5H2;1-4H,(H,8,9);/q-1;;. The van der Waals surface area contributed by atoms with E-state index in [1.807, 2.05) is 12.4 Å². The summed E-state index contributed by atoms with van der Waals surface area (Å²) < 4.78 is 2.16. The summed E-state index contributed by atoms with van der Waals surface area (Å²) in [5, 5.41) is 8.32. The van der Waals surface area contributed by atoms with Crippen LogP contribution in [0, 0.1) is 6.20 Å². The fourth-order valence-corrected chi connectivity index (χ4v) is 3.85. The van der Waals surface area contributed by atoms with E-state index in [-0.39, 0.29) is 25.8 Å². The third-order valence-corrected chi connectivity index (χ3v) is 5.22. The maximum absolute atomic E-state index is 10.1. The maximum atomic E-state index is 10.1. The Morgan fingerprint density at radius 2 is 2.00 bits per heavy atom. The van der Waals surface area contributed by atoms with Crippen LogP contribution in [0.3, 0.4) is 0 Å². The molecule has 1 N–H and O–H groups in total. The molecule has 4 aromatic rings. The molecule has 0 saturated carbocycles. The molecule has 0 saturated heterocycles. The van der Waals surface area contributed by atoms with Gasteiger partial charge in [0.25, 0.3) is 0 Å². The number of benzene rings is 1. The molecule has 0 fully saturated rings. The molecule has 1 aromatic carbocycles. The SMILES string of the molecule is O=C(O)c1ccccn1.[Ir].[c-]1ncsc1-c1nccn1-c1cccc2c1CCC2. The Morgan fingerprint density at radius 1 is 1.10 bits per heavy atom. The quantitative estimate of drug-likeness (QED) is 0.369. The van der Waals surface area contributed by atoms with E-state index in [0.29, 0.717) is 0 Å². The van der Waals surface area contributed by atoms with Crippen molar-refractivity contribution >= 4 is 17.3 Å². The van der Waals surface area contributed by atoms with Gasteiger partial charge in [0.05, 0.1) is 5.82 Å². The van der Waals surface area contributed by atoms with Crippen molar-refractivity contribution in [3.05, 3.63) is 83.5 Å². The molecule has 0 bridgehead atoms. The predicted octanol–water partition coefficient (Wildman–Crippen LogP) is 4.06. The molecule has 5 rings (SSSR count). The Labute approximate surface area is 185 Å². The number of pyridine rings is 1. The van der Waals surface area contributed by atoms with Gasteiger partial charge in [-0.1, -0.05) is 24.4 Å². The van der Waals surface area contributed by atoms with Crippen LogP contribution in [0.25, 0.3) is 16.4 Å². The fourth-order valence-electron chi connectivity index (χ4n) is 3.27. The zero-order chi connectivity index (χ0) is 19.3. The van der Waals surface area contributed by atoms with E-state index in [1.54, 1.807) is 29.0 Å². The number of aromatic carboxylic acids is 1. The van der Waals surface area contributed by atoms with Crippen molar-refractivity contribution in [2.24, 2.45) is 0 Å². The Kier molecular flexibility index (Phi) is 7.04. The number of hydrogen-bond donors (Lipinski definition) is 1. The minimum atomic E-state index is -0.990. The molecule has 3 aromatic heterocycles. The Morgan fingerprint density at radius 3 is 2.69 bits per heavy atom. The number of imidazole rings is 1. The summed E-state index contributed by atoms with van der Waals surface area (Å²) in [5.74, 6) is -0.0570. The van der Waals surface area contributed by atoms with Gasteiger partial charge in [-0.2, -0.15) is 0 Å². The molecule has 0 amide bonds. The Hall–Kier alpha value is -2.67. The molecule has 3 heterocycles. The number of hydrogen-bond acceptors (Lipinski definition) is 5. The van der Waals surface area contributed by atoms with Gasteiger partial charge in [0, 0.05) is 44.4 Å². The van der Waals surface area contributed by atoms with Crippen molar-refractivity contribution in [1.29, 1.82) is 0 Å². The molecule has 29 heavy (non-hydrogen) atoms. The zero-order valence-electron chi connectivity index (χ0n) is 15.3. The Bertz CT molecular complexity index is 1080. The minimum Gasteiger partial charge on any atom is -0.477 e. The molecule has 1 radical (unpaired) electrons. The first-order chi connectivity index (χ1) is 13.7. The number of thiazole rings is 1. The van der Waals surface area contributed by atoms with Crippen LogP contribution in [0.4, 0.5) is 0 Å². The average molecular weight is 582 g/mol. The van der Waals surface area contributed by atoms with E-state index < -0.39 is 5.97 Å². The first-order valence-corrected chi connectivity index (χ1v) is 9.72. The molecule has 0 unspecified atom stereocenters. The van der Waals surface area contributed by atoms with Crippen LogP contribution in [0.5, 0.6) is 0 Å². The monoisotopic (exact) mass is 582 g/mol. The minimum absolute atomic E-state index is 0. The number of aryl methyl sites for hydroxylation is 1. The van der Waals surface area contributed by atoms with Crippen LogP contribution in [0.2, 0.25) is 0 Å². The van der Waals surface area contributed by atoms with Gasteiger partial charge in [0.1, 0.15) is 5.69 Å². The van der Waals surface area contributed by atoms with Crippen molar-refractivity contribution in [3.63, 3.8) is 0 Å². The summed E-state index contributed by atoms with van der Waals surface area (Å²) >= 11 is 1.57. The van der Waals surface area contributed by atoms with Crippen molar-refractivity contribution in [1.82, 2.24) is 19.5 Å². The van der Waals surface area contributed by atoms with Gasteiger partial charge in [0.15, 0.2) is 0 Å². The van der Waals surface area contributed by atoms with E-state index >= 15 is 0 Å². The number of nitrogens with zero attached hydrogens (tertiary/aromatic N) is 4. The van der Waals surface area contributed by atoms with E-state index in [1.165, 1.54) is 41.9 Å². The number of rotatable bonds is 3. The predicted molar refractivity (Wildman–Crippen MR) is 107 cm³/mol. The summed E-state index contributed by atoms with van der Waals surface area (Å²) in [7, 11) is 0. The van der Waals surface area contributed by atoms with Gasteiger partial charge in [-0.25, -0.2) is 21.1 Å². The number of fused-ring (bicyclic) bond motifs is 1. The summed E-state index contributed by atoms with van der Waals surface area (Å²) in [6, 6.07) is 11.3. The van der Waals surface area contributed by atoms with Gasteiger partial charge in [0.2, 0.25) is 0 Å². The molecule has 149 valence electrons. The number of aromatic nitrogens is 4. The number of carboxylic acids is 1. The summed E-state index contributed by atoms with van der Waals surface area (Å²) in [5.41, 5.74) is 6.07. The van der Waals surface area contributed by atoms with Gasteiger partial charge in [-0.15, -0.1) is 0 Å². The zero-order valence-corrected chi connectivity index (χ0v) is 18.5. The van der Waals surface area contributed by atoms with E-state index in [4.69, 9.17) is 5.11 Å². The van der Waals surface area contributed by atoms with Gasteiger partial charge < -0.3 is 14.7 Å². The first-order valence-electron chi connectivity index (χ1n) is 8.84. The van der Waals surface area contributed by atoms with E-state index in [2.05, 4.69) is 43.9 Å². The molecule has 8 heteroatoms. The second-order valence-electron chi connectivity index (χ2n) is 6.20. The third kappa shape index (κ3) is 4.67. The molecule has 1 aliphatic carbocycles. The van der Waals surface area contributed by atoms with Crippen molar-refractivity contribution in [3.8, 4) is 16.4 Å². The molecule has 1 aliphatic rings. The van der Waals surface area contributed by atoms with Crippen molar-refractivity contribution in [2.45, 2.75) is 19.3 Å². The van der Waals surface area contributed by atoms with Crippen LogP contribution in [-0.4, -0.2) is 30.6 Å². The van der Waals surface area contributed by atoms with Crippen LogP contribution in [-0.2, 0) is 32.9 Å². The number of carboxylic acid groups (broad SMARTS) is 1. The Balaban J connectivity index is 0.000000205. The van der Waals surface area contributed by atoms with Crippen molar-refractivity contribution in [2.75, 3.05) is 0 Å². The molecular formula is C21H17IrN4O2S-. The van der Waals surface area contributed by atoms with Crippen molar-refractivity contribution < 1.29 is 30.0 Å². The van der Waals surface area contributed by atoms with Crippen LogP contribution in [0.1, 0.15) is 28.0 Å². The number of carbonyl (C=O) groups is 1. The second-order valence-corrected chi connectivity index (χ2v) is 7.06. The summed E-state index contributed by atoms with van der Waals surface area (Å²) in [6.45, 7) is 0. The van der Waals surface area contributed by atoms with E-state index in [0.717, 1.165) is 17.1 Å². The van der Waals surface area contributed by atoms with Gasteiger partial charge in [-0.05, 0) is 59.0 Å². The smallest absolute Gasteiger partial charge is 0.354 e. The fraction of sp³-hybridized carbons (Fsp3) is 0.143. The van der Waals surface area contributed by atoms with Crippen LogP contribution >= 0.6 is 11.3 Å². The normalized spacial score (nSPS) is 11.7. The topological polar surface area (TPSA) is 80.9 Å². The van der Waals surface area contributed by atoms with E-state index in [9.17, 15) is 4.79 Å². The summed E-state index contributed by atoms with van der Waals surface area (Å²) in [4.78, 5) is 23.2. The van der Waals surface area contributed by atoms with Crippen LogP contribution in [0.15, 0.2) is 60.5 Å². The van der Waals surface area contributed by atoms with Crippen LogP contribution < -0.4 is 0 Å². The average Bonchev–Trinajstić information content (AvgIpc) is 3.49. The van der Waals surface area contributed by atoms with Gasteiger partial charge >= 0.3 is 5.97 Å². The second kappa shape index (κ2) is 9.69. The van der Waals surface area contributed by atoms with Gasteiger partial charge in [-0.3, -0.25) is 4.98 Å². The summed E-state index contributed by atoms with van der Waals surface area (Å²) in [6.07, 6.45) is 11.9. The molecule has 0 aliphatic heterocycles. The first kappa shape index (κ1) is 21.0. The molecule has 0 spiro atoms. The third-order valence-electron chi connectivity index (χ3n) is 4.50. The molecular weight excluding hydrogens is 565 g/mol. The maximum Gasteiger partial charge on any atom is 0.354 e. The molecule has 0 atom stereocenters. The molecule has 6 nitrogen and oxygen atoms in total. The largest absolute Gasteiger partial charge is 0.477 e.